The highest BCUT2D eigenvalue weighted by atomic mass is 79.9. The summed E-state index contributed by atoms with van der Waals surface area (Å²) in [5, 5.41) is 6.28. The van der Waals surface area contributed by atoms with Gasteiger partial charge in [-0.25, -0.2) is 8.78 Å². The van der Waals surface area contributed by atoms with E-state index in [0.29, 0.717) is 0 Å². The van der Waals surface area contributed by atoms with Gasteiger partial charge >= 0.3 is 0 Å². The molecular weight excluding hydrogens is 342 g/mol. The summed E-state index contributed by atoms with van der Waals surface area (Å²) in [6.07, 6.45) is 5.04. The molecule has 0 radical (unpaired) electrons. The molecule has 1 aromatic carbocycles. The van der Waals surface area contributed by atoms with Crippen LogP contribution in [0.3, 0.4) is 0 Å². The van der Waals surface area contributed by atoms with Crippen LogP contribution in [-0.2, 0) is 0 Å². The number of hydrogen-bond acceptors (Lipinski definition) is 2. The molecule has 3 rings (SSSR count). The van der Waals surface area contributed by atoms with E-state index in [1.165, 1.54) is 6.42 Å². The van der Waals surface area contributed by atoms with Gasteiger partial charge in [0.1, 0.15) is 17.2 Å². The molecule has 1 heterocycles. The summed E-state index contributed by atoms with van der Waals surface area (Å²) in [7, 11) is 0. The lowest BCUT2D eigenvalue weighted by molar-refractivity contribution is 0.0845. The van der Waals surface area contributed by atoms with Gasteiger partial charge in [0.05, 0.1) is 0 Å². The van der Waals surface area contributed by atoms with Crippen LogP contribution in [0.4, 0.5) is 8.78 Å². The van der Waals surface area contributed by atoms with Crippen molar-refractivity contribution < 1.29 is 13.6 Å². The molecule has 1 aliphatic carbocycles. The van der Waals surface area contributed by atoms with E-state index in [4.69, 9.17) is 0 Å². The summed E-state index contributed by atoms with van der Waals surface area (Å²) in [5.41, 5.74) is -0.369. The van der Waals surface area contributed by atoms with Crippen molar-refractivity contribution in [2.75, 3.05) is 6.54 Å². The minimum Gasteiger partial charge on any atom is -0.349 e. The van der Waals surface area contributed by atoms with E-state index in [0.717, 1.165) is 44.4 Å². The predicted molar refractivity (Wildman–Crippen MR) is 79.1 cm³/mol. The highest BCUT2D eigenvalue weighted by Gasteiger charge is 2.41. The maximum atomic E-state index is 13.8. The lowest BCUT2D eigenvalue weighted by Gasteiger charge is -2.48. The molecule has 114 valence electrons. The maximum absolute atomic E-state index is 13.8. The number of benzene rings is 1. The monoisotopic (exact) mass is 358 g/mol. The van der Waals surface area contributed by atoms with Crippen LogP contribution in [0.15, 0.2) is 16.6 Å². The van der Waals surface area contributed by atoms with E-state index in [1.807, 2.05) is 0 Å². The molecule has 2 aliphatic rings. The molecular formula is C15H17BrF2N2O. The van der Waals surface area contributed by atoms with Crippen LogP contribution < -0.4 is 10.6 Å². The fourth-order valence-corrected chi connectivity index (χ4v) is 3.68. The van der Waals surface area contributed by atoms with E-state index < -0.39 is 23.1 Å². The summed E-state index contributed by atoms with van der Waals surface area (Å²) in [6, 6.07) is 2.18. The van der Waals surface area contributed by atoms with Crippen LogP contribution in [0, 0.1) is 11.6 Å². The van der Waals surface area contributed by atoms with Gasteiger partial charge in [-0.3, -0.25) is 4.79 Å². The van der Waals surface area contributed by atoms with Crippen LogP contribution in [0.2, 0.25) is 0 Å². The summed E-state index contributed by atoms with van der Waals surface area (Å²) in [4.78, 5) is 12.2. The second-order valence-corrected chi connectivity index (χ2v) is 6.88. The molecule has 1 aromatic rings. The zero-order chi connectivity index (χ0) is 15.0. The minimum absolute atomic E-state index is 0.0264. The van der Waals surface area contributed by atoms with Crippen LogP contribution >= 0.6 is 15.9 Å². The SMILES string of the molecule is O=C(NC1CCNC2(CCC2)C1)c1c(F)cc(Br)cc1F. The van der Waals surface area contributed by atoms with Crippen molar-refractivity contribution in [3.8, 4) is 0 Å². The third-order valence-electron chi connectivity index (χ3n) is 4.51. The third kappa shape index (κ3) is 2.97. The number of carbonyl (C=O) groups is 1. The third-order valence-corrected chi connectivity index (χ3v) is 4.97. The molecule has 1 amide bonds. The van der Waals surface area contributed by atoms with Crippen molar-refractivity contribution in [2.24, 2.45) is 0 Å². The molecule has 2 N–H and O–H groups in total. The van der Waals surface area contributed by atoms with Gasteiger partial charge in [0.25, 0.3) is 5.91 Å². The molecule has 0 aromatic heterocycles. The zero-order valence-corrected chi connectivity index (χ0v) is 13.1. The average Bonchev–Trinajstić information content (AvgIpc) is 2.35. The van der Waals surface area contributed by atoms with Gasteiger partial charge in [-0.2, -0.15) is 0 Å². The molecule has 1 aliphatic heterocycles. The Labute approximate surface area is 130 Å². The Hall–Kier alpha value is -1.01. The van der Waals surface area contributed by atoms with Crippen LogP contribution in [-0.4, -0.2) is 24.0 Å². The largest absolute Gasteiger partial charge is 0.349 e. The van der Waals surface area contributed by atoms with Gasteiger partial charge in [0, 0.05) is 16.1 Å². The van der Waals surface area contributed by atoms with Gasteiger partial charge < -0.3 is 10.6 Å². The zero-order valence-electron chi connectivity index (χ0n) is 11.5. The lowest BCUT2D eigenvalue weighted by atomic mass is 9.70. The van der Waals surface area contributed by atoms with Crippen molar-refractivity contribution in [2.45, 2.75) is 43.7 Å². The maximum Gasteiger partial charge on any atom is 0.257 e. The summed E-state index contributed by atoms with van der Waals surface area (Å²) >= 11 is 3.01. The second-order valence-electron chi connectivity index (χ2n) is 5.97. The molecule has 3 nitrogen and oxygen atoms in total. The van der Waals surface area contributed by atoms with Gasteiger partial charge in [0.2, 0.25) is 0 Å². The number of hydrogen-bond donors (Lipinski definition) is 2. The van der Waals surface area contributed by atoms with Gasteiger partial charge in [-0.1, -0.05) is 15.9 Å². The molecule has 1 saturated carbocycles. The quantitative estimate of drug-likeness (QED) is 0.852. The second kappa shape index (κ2) is 5.65. The Morgan fingerprint density at radius 2 is 2.00 bits per heavy atom. The van der Waals surface area contributed by atoms with Gasteiger partial charge in [-0.05, 0) is 50.8 Å². The Morgan fingerprint density at radius 1 is 1.33 bits per heavy atom. The highest BCUT2D eigenvalue weighted by Crippen LogP contribution is 2.38. The van der Waals surface area contributed by atoms with E-state index in [1.54, 1.807) is 0 Å². The first-order valence-corrected chi connectivity index (χ1v) is 7.99. The van der Waals surface area contributed by atoms with Crippen molar-refractivity contribution in [3.05, 3.63) is 33.8 Å². The van der Waals surface area contributed by atoms with E-state index >= 15 is 0 Å². The Balaban J connectivity index is 1.72. The number of halogens is 3. The lowest BCUT2D eigenvalue weighted by Crippen LogP contribution is -2.59. The standard InChI is InChI=1S/C15H17BrF2N2O/c16-9-6-11(17)13(12(18)7-9)14(21)20-10-2-5-19-15(8-10)3-1-4-15/h6-7,10,19H,1-5,8H2,(H,20,21). The first-order chi connectivity index (χ1) is 9.99. The minimum atomic E-state index is -0.841. The van der Waals surface area contributed by atoms with Gasteiger partial charge in [-0.15, -0.1) is 0 Å². The molecule has 1 atom stereocenters. The number of nitrogens with one attached hydrogen (secondary N) is 2. The topological polar surface area (TPSA) is 41.1 Å². The van der Waals surface area contributed by atoms with E-state index in [-0.39, 0.29) is 16.1 Å². The van der Waals surface area contributed by atoms with Crippen LogP contribution in [0.5, 0.6) is 0 Å². The average molecular weight is 359 g/mol. The molecule has 21 heavy (non-hydrogen) atoms. The molecule has 1 unspecified atom stereocenters. The highest BCUT2D eigenvalue weighted by molar-refractivity contribution is 9.10. The molecule has 6 heteroatoms. The van der Waals surface area contributed by atoms with Crippen molar-refractivity contribution in [1.82, 2.24) is 10.6 Å². The predicted octanol–water partition coefficient (Wildman–Crippen LogP) is 3.13. The smallest absolute Gasteiger partial charge is 0.257 e. The first kappa shape index (κ1) is 14.9. The Bertz CT molecular complexity index is 552. The van der Waals surface area contributed by atoms with Crippen molar-refractivity contribution in [1.29, 1.82) is 0 Å². The van der Waals surface area contributed by atoms with Crippen molar-refractivity contribution in [3.63, 3.8) is 0 Å². The van der Waals surface area contributed by atoms with Crippen LogP contribution in [0.25, 0.3) is 0 Å². The Morgan fingerprint density at radius 3 is 2.57 bits per heavy atom. The summed E-state index contributed by atoms with van der Waals surface area (Å²) in [5.74, 6) is -2.35. The molecule has 2 fully saturated rings. The molecule has 1 spiro atoms. The summed E-state index contributed by atoms with van der Waals surface area (Å²) in [6.45, 7) is 0.830. The van der Waals surface area contributed by atoms with Crippen molar-refractivity contribution >= 4 is 21.8 Å². The number of carbonyl (C=O) groups excluding carboxylic acids is 1. The number of piperidine rings is 1. The number of rotatable bonds is 2. The normalized spacial score (nSPS) is 23.7. The summed E-state index contributed by atoms with van der Waals surface area (Å²) < 4.78 is 27.9. The van der Waals surface area contributed by atoms with Gasteiger partial charge in [0.15, 0.2) is 0 Å². The van der Waals surface area contributed by atoms with Crippen LogP contribution in [0.1, 0.15) is 42.5 Å². The van der Waals surface area contributed by atoms with E-state index in [9.17, 15) is 13.6 Å². The Kier molecular flexibility index (Phi) is 4.01. The number of amides is 1. The van der Waals surface area contributed by atoms with E-state index in [2.05, 4.69) is 26.6 Å². The molecule has 0 bridgehead atoms. The first-order valence-electron chi connectivity index (χ1n) is 7.20. The fraction of sp³-hybridized carbons (Fsp3) is 0.533. The molecule has 1 saturated heterocycles. The fourth-order valence-electron chi connectivity index (χ4n) is 3.28.